The zero-order chi connectivity index (χ0) is 27.0. The molecule has 0 amide bonds. The van der Waals surface area contributed by atoms with E-state index in [4.69, 9.17) is 4.74 Å². The van der Waals surface area contributed by atoms with Crippen molar-refractivity contribution in [2.24, 2.45) is 0 Å². The Morgan fingerprint density at radius 1 is 0.946 bits per heavy atom. The van der Waals surface area contributed by atoms with Crippen LogP contribution < -0.4 is 0 Å². The molecule has 192 valence electrons. The maximum absolute atomic E-state index is 13.4. The summed E-state index contributed by atoms with van der Waals surface area (Å²) in [6.45, 7) is 1.48. The molecule has 10 heteroatoms. The summed E-state index contributed by atoms with van der Waals surface area (Å²) in [5, 5.41) is 0. The minimum atomic E-state index is -4.55. The summed E-state index contributed by atoms with van der Waals surface area (Å²) in [6, 6.07) is 17.2. The van der Waals surface area contributed by atoms with Crippen molar-refractivity contribution in [2.75, 3.05) is 6.26 Å². The third-order valence-electron chi connectivity index (χ3n) is 5.80. The molecule has 4 aromatic rings. The fourth-order valence-electron chi connectivity index (χ4n) is 3.86. The van der Waals surface area contributed by atoms with Gasteiger partial charge in [0.25, 0.3) is 0 Å². The van der Waals surface area contributed by atoms with E-state index in [0.717, 1.165) is 30.5 Å². The largest absolute Gasteiger partial charge is 0.457 e. The lowest BCUT2D eigenvalue weighted by atomic mass is 10.1. The van der Waals surface area contributed by atoms with Crippen molar-refractivity contribution in [1.82, 2.24) is 4.57 Å². The van der Waals surface area contributed by atoms with Gasteiger partial charge in [-0.1, -0.05) is 18.2 Å². The molecule has 0 aliphatic carbocycles. The number of ether oxygens (including phenoxy) is 1. The summed E-state index contributed by atoms with van der Waals surface area (Å²) in [5.41, 5.74) is 1.61. The number of nitrogens with zero attached hydrogens (tertiary/aromatic N) is 1. The second kappa shape index (κ2) is 9.85. The first-order chi connectivity index (χ1) is 17.3. The fraction of sp³-hybridized carbons (Fsp3) is 0.148. The molecular weight excluding hydrogens is 510 g/mol. The summed E-state index contributed by atoms with van der Waals surface area (Å²) in [5.74, 6) is -1.19. The summed E-state index contributed by atoms with van der Waals surface area (Å²) in [7, 11) is -3.45. The van der Waals surface area contributed by atoms with Crippen molar-refractivity contribution < 1.29 is 35.5 Å². The number of rotatable bonds is 6. The Morgan fingerprint density at radius 3 is 2.19 bits per heavy atom. The quantitative estimate of drug-likeness (QED) is 0.214. The van der Waals surface area contributed by atoms with Crippen molar-refractivity contribution in [2.45, 2.75) is 24.6 Å². The first-order valence-corrected chi connectivity index (χ1v) is 12.9. The number of halogens is 4. The average molecular weight is 532 g/mol. The van der Waals surface area contributed by atoms with E-state index in [-0.39, 0.29) is 22.8 Å². The van der Waals surface area contributed by atoms with Gasteiger partial charge >= 0.3 is 12.1 Å². The molecule has 1 aromatic heterocycles. The van der Waals surface area contributed by atoms with Gasteiger partial charge in [0.1, 0.15) is 12.4 Å². The number of esters is 1. The molecule has 3 aromatic carbocycles. The van der Waals surface area contributed by atoms with Crippen LogP contribution in [-0.2, 0) is 27.4 Å². The van der Waals surface area contributed by atoms with E-state index in [1.807, 2.05) is 0 Å². The molecule has 0 aliphatic heterocycles. The first kappa shape index (κ1) is 26.2. The Morgan fingerprint density at radius 2 is 1.59 bits per heavy atom. The highest BCUT2D eigenvalue weighted by molar-refractivity contribution is 7.90. The van der Waals surface area contributed by atoms with Crippen molar-refractivity contribution in [3.8, 4) is 16.9 Å². The Balaban J connectivity index is 1.77. The molecule has 0 fully saturated rings. The van der Waals surface area contributed by atoms with Crippen molar-refractivity contribution in [3.05, 3.63) is 107 Å². The number of alkyl halides is 3. The first-order valence-electron chi connectivity index (χ1n) is 11.0. The SMILES string of the molecule is Cc1c(COC(=O)c2ccc(F)cc2)cc(-c2ccc(S(C)(=O)=O)cc2)n1-c1cccc(C(F)(F)F)c1. The normalized spacial score (nSPS) is 11.9. The number of benzene rings is 3. The average Bonchev–Trinajstić information content (AvgIpc) is 3.18. The van der Waals surface area contributed by atoms with Crippen LogP contribution in [0, 0.1) is 12.7 Å². The number of carbonyl (C=O) groups excluding carboxylic acids is 1. The van der Waals surface area contributed by atoms with Crippen LogP contribution in [0.4, 0.5) is 17.6 Å². The van der Waals surface area contributed by atoms with Crippen LogP contribution in [0.1, 0.15) is 27.2 Å². The Kier molecular flexibility index (Phi) is 6.96. The maximum atomic E-state index is 13.4. The van der Waals surface area contributed by atoms with E-state index in [1.54, 1.807) is 29.7 Å². The minimum absolute atomic E-state index is 0.0959. The highest BCUT2D eigenvalue weighted by atomic mass is 32.2. The third-order valence-corrected chi connectivity index (χ3v) is 6.93. The molecule has 0 radical (unpaired) electrons. The summed E-state index contributed by atoms with van der Waals surface area (Å²) >= 11 is 0. The van der Waals surface area contributed by atoms with E-state index in [1.165, 1.54) is 36.4 Å². The van der Waals surface area contributed by atoms with Crippen LogP contribution in [0.2, 0.25) is 0 Å². The molecule has 37 heavy (non-hydrogen) atoms. The van der Waals surface area contributed by atoms with Crippen molar-refractivity contribution in [1.29, 1.82) is 0 Å². The second-order valence-corrected chi connectivity index (χ2v) is 10.4. The molecule has 0 saturated heterocycles. The van der Waals surface area contributed by atoms with E-state index in [9.17, 15) is 30.8 Å². The standard InChI is InChI=1S/C27H21F4NO4S/c1-17-20(16-36-26(33)19-6-10-22(28)11-7-19)14-25(18-8-12-24(13-9-18)37(2,34)35)32(17)23-5-3-4-21(15-23)27(29,30)31/h3-15H,16H2,1-2H3. The van der Waals surface area contributed by atoms with E-state index in [0.29, 0.717) is 22.5 Å². The lowest BCUT2D eigenvalue weighted by molar-refractivity contribution is -0.137. The summed E-state index contributed by atoms with van der Waals surface area (Å²) in [6.07, 6.45) is -3.48. The topological polar surface area (TPSA) is 65.4 Å². The van der Waals surface area contributed by atoms with Crippen LogP contribution in [0.3, 0.4) is 0 Å². The van der Waals surface area contributed by atoms with Crippen molar-refractivity contribution >= 4 is 15.8 Å². The number of aromatic nitrogens is 1. The van der Waals surface area contributed by atoms with Crippen LogP contribution in [0.15, 0.2) is 83.8 Å². The second-order valence-electron chi connectivity index (χ2n) is 8.40. The monoisotopic (exact) mass is 531 g/mol. The molecule has 0 bridgehead atoms. The van der Waals surface area contributed by atoms with Crippen LogP contribution in [0.5, 0.6) is 0 Å². The van der Waals surface area contributed by atoms with Gasteiger partial charge in [0.05, 0.1) is 21.7 Å². The molecule has 0 atom stereocenters. The van der Waals surface area contributed by atoms with E-state index < -0.39 is 33.4 Å². The molecule has 0 aliphatic rings. The minimum Gasteiger partial charge on any atom is -0.457 e. The van der Waals surface area contributed by atoms with Gasteiger partial charge in [-0.05, 0) is 73.2 Å². The zero-order valence-electron chi connectivity index (χ0n) is 19.7. The maximum Gasteiger partial charge on any atom is 0.416 e. The number of hydrogen-bond donors (Lipinski definition) is 0. The molecule has 0 unspecified atom stereocenters. The Labute approximate surface area is 210 Å². The summed E-state index contributed by atoms with van der Waals surface area (Å²) in [4.78, 5) is 12.5. The molecule has 1 heterocycles. The third kappa shape index (κ3) is 5.75. The van der Waals surface area contributed by atoms with Crippen LogP contribution in [-0.4, -0.2) is 25.2 Å². The Hall–Kier alpha value is -3.92. The molecule has 5 nitrogen and oxygen atoms in total. The van der Waals surface area contributed by atoms with Gasteiger partial charge in [0, 0.05) is 23.2 Å². The molecule has 0 spiro atoms. The highest BCUT2D eigenvalue weighted by Gasteiger charge is 2.31. The number of carbonyl (C=O) groups is 1. The molecule has 0 N–H and O–H groups in total. The fourth-order valence-corrected chi connectivity index (χ4v) is 4.49. The van der Waals surface area contributed by atoms with Gasteiger partial charge in [-0.15, -0.1) is 0 Å². The predicted molar refractivity (Wildman–Crippen MR) is 130 cm³/mol. The van der Waals surface area contributed by atoms with Crippen molar-refractivity contribution in [3.63, 3.8) is 0 Å². The lowest BCUT2D eigenvalue weighted by Gasteiger charge is -2.15. The van der Waals surface area contributed by atoms with Gasteiger partial charge < -0.3 is 9.30 Å². The predicted octanol–water partition coefficient (Wildman–Crippen LogP) is 6.37. The van der Waals surface area contributed by atoms with Crippen LogP contribution in [0.25, 0.3) is 16.9 Å². The number of sulfone groups is 1. The van der Waals surface area contributed by atoms with Gasteiger partial charge in [-0.3, -0.25) is 0 Å². The smallest absolute Gasteiger partial charge is 0.416 e. The lowest BCUT2D eigenvalue weighted by Crippen LogP contribution is -2.08. The summed E-state index contributed by atoms with van der Waals surface area (Å²) < 4.78 is 84.1. The number of hydrogen-bond acceptors (Lipinski definition) is 4. The highest BCUT2D eigenvalue weighted by Crippen LogP contribution is 2.34. The van der Waals surface area contributed by atoms with Gasteiger partial charge in [0.2, 0.25) is 0 Å². The molecule has 4 rings (SSSR count). The Bertz CT molecular complexity index is 1560. The van der Waals surface area contributed by atoms with Gasteiger partial charge in [-0.2, -0.15) is 13.2 Å². The van der Waals surface area contributed by atoms with Gasteiger partial charge in [0.15, 0.2) is 9.84 Å². The van der Waals surface area contributed by atoms with E-state index in [2.05, 4.69) is 0 Å². The molecular formula is C27H21F4NO4S. The molecule has 0 saturated carbocycles. The van der Waals surface area contributed by atoms with Crippen LogP contribution >= 0.6 is 0 Å². The zero-order valence-corrected chi connectivity index (χ0v) is 20.5. The van der Waals surface area contributed by atoms with Gasteiger partial charge in [-0.25, -0.2) is 17.6 Å². The van der Waals surface area contributed by atoms with E-state index >= 15 is 0 Å².